The second-order valence-electron chi connectivity index (χ2n) is 37.0. The molecule has 0 saturated heterocycles. The number of fused-ring (bicyclic) bond motifs is 26. The second kappa shape index (κ2) is 33.8. The van der Waals surface area contributed by atoms with Crippen LogP contribution in [-0.2, 0) is 5.41 Å². The van der Waals surface area contributed by atoms with E-state index < -0.39 is 0 Å². The van der Waals surface area contributed by atoms with Crippen molar-refractivity contribution in [3.63, 3.8) is 0 Å². The summed E-state index contributed by atoms with van der Waals surface area (Å²) in [5.74, 6) is 5.95. The molecule has 0 atom stereocenters. The number of hydrogen-bond donors (Lipinski definition) is 0. The quantitative estimate of drug-likeness (QED) is 0.123. The predicted octanol–water partition coefficient (Wildman–Crippen LogP) is 34.9. The summed E-state index contributed by atoms with van der Waals surface area (Å²) in [6.07, 6.45) is 0. The van der Waals surface area contributed by atoms with Crippen LogP contribution in [0.25, 0.3) is 273 Å². The van der Waals surface area contributed by atoms with Crippen molar-refractivity contribution >= 4 is 171 Å². The minimum Gasteiger partial charge on any atom is -0.208 e. The number of benzene rings is 23. The topological polar surface area (TPSA) is 116 Å². The SMILES string of the molecule is CC1(C)c2ccccc2-c2cc3c(ccc4ccc5cc(-c6nc(-c7ccccc7)nc(-c7ccccc7)n6)ccc5c43)cc21.c1ccc(-c2ccc(-c3nc(-c4ccccc4)nc(-c4ccc5c(ccc6ccc7cc8c(cc7c65)sc5ccccc58)c4)n3)cc2)cc1.c1ccc(-c2nc(-c3ccc4ccccc4c3)nc(-c3ccc4c(ccc5ccc6c(ccc7sc8ccccc8c76)c54)c3)n2)cc1. The maximum absolute atomic E-state index is 5.06. The first kappa shape index (κ1) is 82.6. The van der Waals surface area contributed by atoms with Crippen LogP contribution in [0.15, 0.2) is 455 Å². The summed E-state index contributed by atoms with van der Waals surface area (Å²) in [7, 11) is 0. The number of hydrogen-bond acceptors (Lipinski definition) is 11. The van der Waals surface area contributed by atoms with E-state index in [0.717, 1.165) is 77.2 Å². The lowest BCUT2D eigenvalue weighted by atomic mass is 9.81. The molecule has 0 N–H and O–H groups in total. The summed E-state index contributed by atoms with van der Waals surface area (Å²) >= 11 is 3.73. The Morgan fingerprint density at radius 2 is 0.454 bits per heavy atom. The normalized spacial score (nSPS) is 12.2. The minimum atomic E-state index is -0.0233. The summed E-state index contributed by atoms with van der Waals surface area (Å²) in [6.45, 7) is 4.68. The number of aromatic nitrogens is 9. The van der Waals surface area contributed by atoms with E-state index in [0.29, 0.717) is 52.4 Å². The molecule has 0 spiro atoms. The van der Waals surface area contributed by atoms with Crippen LogP contribution in [0.4, 0.5) is 0 Å². The zero-order valence-electron chi connectivity index (χ0n) is 76.6. The van der Waals surface area contributed by atoms with Gasteiger partial charge in [-0.25, -0.2) is 44.9 Å². The van der Waals surface area contributed by atoms with Gasteiger partial charge in [0.15, 0.2) is 52.4 Å². The second-order valence-corrected chi connectivity index (χ2v) is 39.1. The van der Waals surface area contributed by atoms with Crippen LogP contribution in [0, 0.1) is 0 Å². The van der Waals surface area contributed by atoms with Crippen molar-refractivity contribution in [1.82, 2.24) is 44.9 Å². The summed E-state index contributed by atoms with van der Waals surface area (Å²) in [5, 5.41) is 30.1. The van der Waals surface area contributed by atoms with Gasteiger partial charge in [0, 0.05) is 95.8 Å². The van der Waals surface area contributed by atoms with E-state index in [1.54, 1.807) is 0 Å². The summed E-state index contributed by atoms with van der Waals surface area (Å²) in [4.78, 5) is 44.9. The Labute approximate surface area is 819 Å². The number of thiophene rings is 2. The molecule has 5 heterocycles. The Morgan fingerprint density at radius 3 is 0.950 bits per heavy atom. The average Bonchev–Trinajstić information content (AvgIpc) is 1.61. The third kappa shape index (κ3) is 14.6. The van der Waals surface area contributed by atoms with Crippen molar-refractivity contribution in [3.8, 4) is 125 Å². The molecule has 0 saturated carbocycles. The Hall–Kier alpha value is -17.9. The van der Waals surface area contributed by atoms with Crippen LogP contribution in [0.1, 0.15) is 25.0 Å². The molecule has 9 nitrogen and oxygen atoms in total. The third-order valence-electron chi connectivity index (χ3n) is 28.2. The smallest absolute Gasteiger partial charge is 0.164 e. The molecule has 0 bridgehead atoms. The fraction of sp³-hybridized carbons (Fsp3) is 0.0231. The Balaban J connectivity index is 0.000000106. The van der Waals surface area contributed by atoms with Gasteiger partial charge in [-0.3, -0.25) is 0 Å². The van der Waals surface area contributed by atoms with Gasteiger partial charge in [-0.1, -0.05) is 402 Å². The first-order valence-electron chi connectivity index (χ1n) is 47.7. The monoisotopic (exact) mass is 1830 g/mol. The summed E-state index contributed by atoms with van der Waals surface area (Å²) in [6, 6.07) is 162. The van der Waals surface area contributed by atoms with Crippen LogP contribution in [0.2, 0.25) is 0 Å². The van der Waals surface area contributed by atoms with Crippen LogP contribution >= 0.6 is 22.7 Å². The Kier molecular flexibility index (Phi) is 19.8. The standard InChI is InChI=1S/C45H27N3S.C43H25N3S.C42H29N3/c1-3-9-28(10-4-1)29-15-19-32(20-16-29)44-46-43(31-11-5-2-6-12-31)47-45(48-44)35-23-24-36-33(25-35)21-17-30-18-22-34-26-39-37-13-7-8-14-40(37)49-41(39)27-38(34)42(30)36;1-2-9-28(10-3-1)41-44-42(31-17-14-26-8-4-5-11-29(26)24-31)46-43(45-41)32-19-20-33-30(25-32)16-15-27-18-21-35-34(39(27)33)22-23-38-40(35)36-12-6-7-13-37(36)47-38;1-42(2)36-16-10-9-15-33(36)35-25-34-30(24-37(35)42)20-18-26-17-19-29-23-31(21-22-32(29)38(26)34)41-44-39(27-11-5-3-6-12-27)43-40(45-41)28-13-7-4-8-14-28/h1-27H;1-25H;3-25H,1-2H3. The van der Waals surface area contributed by atoms with Crippen molar-refractivity contribution in [2.45, 2.75) is 19.3 Å². The van der Waals surface area contributed by atoms with Gasteiger partial charge in [0.05, 0.1) is 0 Å². The molecule has 1 aliphatic rings. The summed E-state index contributed by atoms with van der Waals surface area (Å²) in [5.41, 5.74) is 16.5. The van der Waals surface area contributed by atoms with Gasteiger partial charge in [-0.05, 0) is 208 Å². The zero-order chi connectivity index (χ0) is 93.3. The van der Waals surface area contributed by atoms with Gasteiger partial charge >= 0.3 is 0 Å². The van der Waals surface area contributed by atoms with Gasteiger partial charge < -0.3 is 0 Å². The van der Waals surface area contributed by atoms with E-state index in [-0.39, 0.29) is 5.41 Å². The fourth-order valence-electron chi connectivity index (χ4n) is 21.2. The van der Waals surface area contributed by atoms with Crippen LogP contribution in [0.3, 0.4) is 0 Å². The average molecular weight is 1830 g/mol. The molecule has 1 aliphatic carbocycles. The first-order chi connectivity index (χ1) is 69.6. The van der Waals surface area contributed by atoms with E-state index in [2.05, 4.69) is 354 Å². The van der Waals surface area contributed by atoms with E-state index in [1.165, 1.54) is 154 Å². The van der Waals surface area contributed by atoms with Crippen molar-refractivity contribution in [2.24, 2.45) is 0 Å². The largest absolute Gasteiger partial charge is 0.208 e. The van der Waals surface area contributed by atoms with E-state index in [9.17, 15) is 0 Å². The predicted molar refractivity (Wildman–Crippen MR) is 592 cm³/mol. The molecule has 0 radical (unpaired) electrons. The Morgan fingerprint density at radius 1 is 0.149 bits per heavy atom. The molecule has 5 aromatic heterocycles. The highest BCUT2D eigenvalue weighted by atomic mass is 32.1. The first-order valence-corrected chi connectivity index (χ1v) is 49.3. The highest BCUT2D eigenvalue weighted by molar-refractivity contribution is 7.26. The van der Waals surface area contributed by atoms with Gasteiger partial charge in [0.1, 0.15) is 0 Å². The molecular formula is C130H81N9S2. The zero-order valence-corrected chi connectivity index (χ0v) is 78.3. The molecule has 141 heavy (non-hydrogen) atoms. The molecule has 0 fully saturated rings. The van der Waals surface area contributed by atoms with Gasteiger partial charge in [0.25, 0.3) is 0 Å². The van der Waals surface area contributed by atoms with Crippen LogP contribution in [-0.4, -0.2) is 44.9 Å². The lowest BCUT2D eigenvalue weighted by molar-refractivity contribution is 0.661. The molecule has 23 aromatic carbocycles. The highest BCUT2D eigenvalue weighted by Gasteiger charge is 2.36. The molecule has 658 valence electrons. The molecule has 0 amide bonds. The van der Waals surface area contributed by atoms with Crippen LogP contribution in [0.5, 0.6) is 0 Å². The number of rotatable bonds is 10. The van der Waals surface area contributed by atoms with Crippen molar-refractivity contribution in [1.29, 1.82) is 0 Å². The minimum absolute atomic E-state index is 0.0233. The molecule has 0 aliphatic heterocycles. The lowest BCUT2D eigenvalue weighted by Gasteiger charge is -2.22. The maximum atomic E-state index is 5.06. The molecular weight excluding hydrogens is 1750 g/mol. The van der Waals surface area contributed by atoms with E-state index >= 15 is 0 Å². The molecule has 29 rings (SSSR count). The molecule has 0 unspecified atom stereocenters. The fourth-order valence-corrected chi connectivity index (χ4v) is 23.5. The maximum Gasteiger partial charge on any atom is 0.164 e. The van der Waals surface area contributed by atoms with Crippen LogP contribution < -0.4 is 0 Å². The van der Waals surface area contributed by atoms with Crippen molar-refractivity contribution in [2.75, 3.05) is 0 Å². The van der Waals surface area contributed by atoms with E-state index in [4.69, 9.17) is 44.9 Å². The lowest BCUT2D eigenvalue weighted by Crippen LogP contribution is -2.14. The third-order valence-corrected chi connectivity index (χ3v) is 30.5. The van der Waals surface area contributed by atoms with E-state index in [1.807, 2.05) is 138 Å². The van der Waals surface area contributed by atoms with Gasteiger partial charge in [-0.15, -0.1) is 22.7 Å². The van der Waals surface area contributed by atoms with Gasteiger partial charge in [0.2, 0.25) is 0 Å². The summed E-state index contributed by atoms with van der Waals surface area (Å²) < 4.78 is 5.29. The highest BCUT2D eigenvalue weighted by Crippen LogP contribution is 2.52. The molecule has 28 aromatic rings. The van der Waals surface area contributed by atoms with Crippen molar-refractivity contribution < 1.29 is 0 Å². The molecule has 11 heteroatoms. The van der Waals surface area contributed by atoms with Crippen molar-refractivity contribution in [3.05, 3.63) is 466 Å². The Bertz CT molecular complexity index is 9910. The van der Waals surface area contributed by atoms with Gasteiger partial charge in [-0.2, -0.15) is 0 Å². The number of nitrogens with zero attached hydrogens (tertiary/aromatic N) is 9.